The summed E-state index contributed by atoms with van der Waals surface area (Å²) in [7, 11) is 0. The molecule has 0 aliphatic heterocycles. The highest BCUT2D eigenvalue weighted by Crippen LogP contribution is 2.33. The van der Waals surface area contributed by atoms with Crippen LogP contribution < -0.4 is 0 Å². The Morgan fingerprint density at radius 2 is 1.67 bits per heavy atom. The molecule has 2 nitrogen and oxygen atoms in total. The molecule has 0 heterocycles. The second-order valence-electron chi connectivity index (χ2n) is 4.49. The van der Waals surface area contributed by atoms with Gasteiger partial charge < -0.3 is 10.2 Å². The van der Waals surface area contributed by atoms with Gasteiger partial charge in [0.05, 0.1) is 12.2 Å². The Bertz CT molecular complexity index is 145. The lowest BCUT2D eigenvalue weighted by Crippen LogP contribution is -2.39. The third-order valence-corrected chi connectivity index (χ3v) is 3.13. The van der Waals surface area contributed by atoms with E-state index in [4.69, 9.17) is 0 Å². The van der Waals surface area contributed by atoms with Crippen LogP contribution in [-0.2, 0) is 0 Å². The van der Waals surface area contributed by atoms with Crippen LogP contribution in [0.5, 0.6) is 0 Å². The molecule has 72 valence electrons. The first-order chi connectivity index (χ1) is 5.52. The molecule has 1 aliphatic rings. The van der Waals surface area contributed by atoms with Crippen LogP contribution in [-0.4, -0.2) is 22.4 Å². The summed E-state index contributed by atoms with van der Waals surface area (Å²) in [5.41, 5.74) is 0. The molecule has 0 saturated heterocycles. The molecular weight excluding hydrogens is 152 g/mol. The zero-order valence-electron chi connectivity index (χ0n) is 8.20. The zero-order valence-corrected chi connectivity index (χ0v) is 8.20. The Labute approximate surface area is 74.6 Å². The Morgan fingerprint density at radius 1 is 1.08 bits per heavy atom. The second kappa shape index (κ2) is 3.75. The fourth-order valence-electron chi connectivity index (χ4n) is 2.10. The van der Waals surface area contributed by atoms with E-state index < -0.39 is 0 Å². The van der Waals surface area contributed by atoms with E-state index in [0.29, 0.717) is 5.92 Å². The Balaban J connectivity index is 2.55. The fourth-order valence-corrected chi connectivity index (χ4v) is 2.10. The van der Waals surface area contributed by atoms with Crippen molar-refractivity contribution < 1.29 is 10.2 Å². The monoisotopic (exact) mass is 172 g/mol. The van der Waals surface area contributed by atoms with E-state index >= 15 is 0 Å². The normalized spacial score (nSPS) is 43.5. The van der Waals surface area contributed by atoms with Gasteiger partial charge in [-0.3, -0.25) is 0 Å². The predicted molar refractivity (Wildman–Crippen MR) is 48.7 cm³/mol. The number of hydrogen-bond acceptors (Lipinski definition) is 2. The summed E-state index contributed by atoms with van der Waals surface area (Å²) in [6.07, 6.45) is 1.11. The Morgan fingerprint density at radius 3 is 2.17 bits per heavy atom. The van der Waals surface area contributed by atoms with Gasteiger partial charge in [-0.05, 0) is 30.6 Å². The van der Waals surface area contributed by atoms with Gasteiger partial charge in [-0.25, -0.2) is 0 Å². The summed E-state index contributed by atoms with van der Waals surface area (Å²) < 4.78 is 0. The molecule has 0 aromatic heterocycles. The van der Waals surface area contributed by atoms with Crippen LogP contribution in [0.25, 0.3) is 0 Å². The molecule has 0 unspecified atom stereocenters. The maximum absolute atomic E-state index is 9.72. The van der Waals surface area contributed by atoms with E-state index in [1.54, 1.807) is 0 Å². The molecule has 2 N–H and O–H groups in total. The molecule has 1 saturated carbocycles. The van der Waals surface area contributed by atoms with Gasteiger partial charge in [0, 0.05) is 0 Å². The molecule has 0 radical (unpaired) electrons. The van der Waals surface area contributed by atoms with Crippen molar-refractivity contribution in [3.8, 4) is 0 Å². The Kier molecular flexibility index (Phi) is 3.13. The molecule has 12 heavy (non-hydrogen) atoms. The SMILES string of the molecule is CC(C)[C@H]1C[C@H](O)[C@@H](C)C[C@@H]1O. The smallest absolute Gasteiger partial charge is 0.0575 e. The third-order valence-electron chi connectivity index (χ3n) is 3.13. The molecular formula is C10H20O2. The summed E-state index contributed by atoms with van der Waals surface area (Å²) in [5, 5.41) is 19.3. The van der Waals surface area contributed by atoms with Crippen molar-refractivity contribution in [3.05, 3.63) is 0 Å². The van der Waals surface area contributed by atoms with Gasteiger partial charge in [0.2, 0.25) is 0 Å². The highest BCUT2D eigenvalue weighted by Gasteiger charge is 2.34. The van der Waals surface area contributed by atoms with Crippen molar-refractivity contribution >= 4 is 0 Å². The summed E-state index contributed by atoms with van der Waals surface area (Å²) in [6, 6.07) is 0. The second-order valence-corrected chi connectivity index (χ2v) is 4.49. The van der Waals surface area contributed by atoms with Gasteiger partial charge >= 0.3 is 0 Å². The van der Waals surface area contributed by atoms with Gasteiger partial charge in [-0.15, -0.1) is 0 Å². The minimum absolute atomic E-state index is 0.205. The number of rotatable bonds is 1. The van der Waals surface area contributed by atoms with Crippen molar-refractivity contribution in [2.24, 2.45) is 17.8 Å². The molecule has 1 rings (SSSR count). The quantitative estimate of drug-likeness (QED) is 0.628. The highest BCUT2D eigenvalue weighted by molar-refractivity contribution is 4.84. The first kappa shape index (κ1) is 10.0. The highest BCUT2D eigenvalue weighted by atomic mass is 16.3. The average molecular weight is 172 g/mol. The molecule has 0 aromatic carbocycles. The summed E-state index contributed by atoms with van der Waals surface area (Å²) in [6.45, 7) is 6.22. The molecule has 2 heteroatoms. The van der Waals surface area contributed by atoms with Crippen LogP contribution in [0.2, 0.25) is 0 Å². The van der Waals surface area contributed by atoms with Crippen molar-refractivity contribution in [2.75, 3.05) is 0 Å². The van der Waals surface area contributed by atoms with Crippen LogP contribution in [0.1, 0.15) is 33.6 Å². The van der Waals surface area contributed by atoms with Gasteiger partial charge in [-0.1, -0.05) is 20.8 Å². The van der Waals surface area contributed by atoms with Crippen LogP contribution in [0, 0.1) is 17.8 Å². The molecule has 0 aromatic rings. The maximum Gasteiger partial charge on any atom is 0.0575 e. The number of aliphatic hydroxyl groups excluding tert-OH is 2. The minimum Gasteiger partial charge on any atom is -0.393 e. The fraction of sp³-hybridized carbons (Fsp3) is 1.00. The van der Waals surface area contributed by atoms with E-state index in [-0.39, 0.29) is 24.0 Å². The van der Waals surface area contributed by atoms with Crippen LogP contribution in [0.15, 0.2) is 0 Å². The standard InChI is InChI=1S/C10H20O2/c1-6(2)8-5-9(11)7(3)4-10(8)12/h6-12H,4-5H2,1-3H3/t7-,8+,9-,10-/m0/s1. The average Bonchev–Trinajstić information content (AvgIpc) is 1.96. The van der Waals surface area contributed by atoms with Crippen molar-refractivity contribution in [2.45, 2.75) is 45.8 Å². The van der Waals surface area contributed by atoms with Crippen molar-refractivity contribution in [1.82, 2.24) is 0 Å². The Hall–Kier alpha value is -0.0800. The van der Waals surface area contributed by atoms with Crippen LogP contribution >= 0.6 is 0 Å². The first-order valence-electron chi connectivity index (χ1n) is 4.88. The molecule has 4 atom stereocenters. The number of aliphatic hydroxyl groups is 2. The zero-order chi connectivity index (χ0) is 9.30. The van der Waals surface area contributed by atoms with Crippen LogP contribution in [0.4, 0.5) is 0 Å². The minimum atomic E-state index is -0.208. The molecule has 0 bridgehead atoms. The molecule has 1 fully saturated rings. The van der Waals surface area contributed by atoms with E-state index in [1.807, 2.05) is 6.92 Å². The van der Waals surface area contributed by atoms with Gasteiger partial charge in [0.25, 0.3) is 0 Å². The van der Waals surface area contributed by atoms with Crippen molar-refractivity contribution in [1.29, 1.82) is 0 Å². The molecule has 0 amide bonds. The van der Waals surface area contributed by atoms with E-state index in [0.717, 1.165) is 12.8 Å². The largest absolute Gasteiger partial charge is 0.393 e. The van der Waals surface area contributed by atoms with Gasteiger partial charge in [-0.2, -0.15) is 0 Å². The predicted octanol–water partition coefficient (Wildman–Crippen LogP) is 1.41. The first-order valence-corrected chi connectivity index (χ1v) is 4.88. The van der Waals surface area contributed by atoms with E-state index in [1.165, 1.54) is 0 Å². The lowest BCUT2D eigenvalue weighted by Gasteiger charge is -2.37. The maximum atomic E-state index is 9.72. The van der Waals surface area contributed by atoms with E-state index in [2.05, 4.69) is 13.8 Å². The molecule has 1 aliphatic carbocycles. The summed E-state index contributed by atoms with van der Waals surface area (Å²) >= 11 is 0. The van der Waals surface area contributed by atoms with Crippen molar-refractivity contribution in [3.63, 3.8) is 0 Å². The topological polar surface area (TPSA) is 40.5 Å². The lowest BCUT2D eigenvalue weighted by atomic mass is 9.74. The van der Waals surface area contributed by atoms with E-state index in [9.17, 15) is 10.2 Å². The van der Waals surface area contributed by atoms with Crippen LogP contribution in [0.3, 0.4) is 0 Å². The van der Waals surface area contributed by atoms with Gasteiger partial charge in [0.15, 0.2) is 0 Å². The number of hydrogen-bond donors (Lipinski definition) is 2. The summed E-state index contributed by atoms with van der Waals surface area (Å²) in [4.78, 5) is 0. The lowest BCUT2D eigenvalue weighted by molar-refractivity contribution is -0.0413. The molecule has 0 spiro atoms. The van der Waals surface area contributed by atoms with Gasteiger partial charge in [0.1, 0.15) is 0 Å². The third kappa shape index (κ3) is 1.99. The summed E-state index contributed by atoms with van der Waals surface area (Å²) in [5.74, 6) is 1.02.